The molecule has 0 saturated heterocycles. The lowest BCUT2D eigenvalue weighted by Gasteiger charge is -2.24. The zero-order chi connectivity index (χ0) is 44.8. The SMILES string of the molecule is CS(=O)(=O)Nc1nn(CC(F)(F)F)c2c(-n3c([C@H](Cc4cc(F)cc(F)c4)NC(=O)Cn4nc(C(F)F)c5c4C(F)(F)[C@@H]4C[C@H]54)nc(-c4ncc(F)cn4)cc3=O)ccc(Cl)c12. The van der Waals surface area contributed by atoms with Gasteiger partial charge in [-0.15, -0.1) is 0 Å². The van der Waals surface area contributed by atoms with Crippen LogP contribution < -0.4 is 15.6 Å². The van der Waals surface area contributed by atoms with Crippen molar-refractivity contribution in [3.8, 4) is 17.2 Å². The van der Waals surface area contributed by atoms with Gasteiger partial charge in [0.05, 0.1) is 46.3 Å². The largest absolute Gasteiger partial charge is 0.408 e. The van der Waals surface area contributed by atoms with E-state index in [2.05, 4.69) is 30.5 Å². The standard InChI is InChI=1S/C36H25ClF10N10O4S/c1-62(60,61)54-33-27-20(37)2-3-23(29(27)56(53-33)13-35(43,44)45)57-25(59)9-21(32-48-10-17(40)11-49-32)51-34(57)22(6-14-4-15(38)7-16(39)5-14)50-24(58)12-55-30-26(28(52-55)31(41)42)18-8-19(18)36(30,46)47/h2-5,7,9-11,18-19,22,31H,6,8,12-13H2,1H3,(H,50,58)(H,53,54)/t18-,19+,22-/m0/s1. The molecule has 1 saturated carbocycles. The first-order valence-corrected chi connectivity index (χ1v) is 20.1. The lowest BCUT2D eigenvalue weighted by atomic mass is 10.0. The first-order valence-electron chi connectivity index (χ1n) is 17.9. The number of halogens is 11. The van der Waals surface area contributed by atoms with Crippen molar-refractivity contribution in [2.75, 3.05) is 11.0 Å². The van der Waals surface area contributed by atoms with Crippen molar-refractivity contribution >= 4 is 44.3 Å². The van der Waals surface area contributed by atoms with Crippen LogP contribution in [-0.2, 0) is 40.3 Å². The van der Waals surface area contributed by atoms with Gasteiger partial charge in [0, 0.05) is 30.0 Å². The molecule has 2 aliphatic carbocycles. The van der Waals surface area contributed by atoms with Gasteiger partial charge in [0.25, 0.3) is 17.9 Å². The quantitative estimate of drug-likeness (QED) is 0.130. The van der Waals surface area contributed by atoms with E-state index >= 15 is 8.78 Å². The summed E-state index contributed by atoms with van der Waals surface area (Å²) in [5, 5.41) is 8.98. The molecule has 0 aliphatic heterocycles. The van der Waals surface area contributed by atoms with Crippen molar-refractivity contribution in [2.24, 2.45) is 5.92 Å². The van der Waals surface area contributed by atoms with E-state index in [1.165, 1.54) is 0 Å². The Morgan fingerprint density at radius 2 is 1.68 bits per heavy atom. The topological polar surface area (TPSA) is 172 Å². The van der Waals surface area contributed by atoms with Crippen LogP contribution in [0.3, 0.4) is 0 Å². The van der Waals surface area contributed by atoms with Crippen LogP contribution in [0.2, 0.25) is 5.02 Å². The number of hydrogen-bond acceptors (Lipinski definition) is 9. The summed E-state index contributed by atoms with van der Waals surface area (Å²) in [5.74, 6) is -12.1. The summed E-state index contributed by atoms with van der Waals surface area (Å²) in [4.78, 5) is 40.4. The van der Waals surface area contributed by atoms with Crippen molar-refractivity contribution in [1.82, 2.24) is 44.4 Å². The summed E-state index contributed by atoms with van der Waals surface area (Å²) < 4.78 is 172. The Balaban J connectivity index is 1.35. The van der Waals surface area contributed by atoms with Gasteiger partial charge in [-0.1, -0.05) is 11.6 Å². The molecule has 2 N–H and O–H groups in total. The minimum Gasteiger partial charge on any atom is -0.344 e. The van der Waals surface area contributed by atoms with Gasteiger partial charge in [-0.2, -0.15) is 32.1 Å². The molecule has 8 rings (SSSR count). The maximum Gasteiger partial charge on any atom is 0.408 e. The molecule has 4 heterocycles. The summed E-state index contributed by atoms with van der Waals surface area (Å²) in [5.41, 5.74) is -5.34. The van der Waals surface area contributed by atoms with Gasteiger partial charge in [0.15, 0.2) is 17.5 Å². The Labute approximate surface area is 345 Å². The molecule has 1 amide bonds. The van der Waals surface area contributed by atoms with Crippen LogP contribution in [0.15, 0.2) is 53.6 Å². The van der Waals surface area contributed by atoms with E-state index < -0.39 is 152 Å². The molecular formula is C36H25ClF10N10O4S. The number of carbonyl (C=O) groups excluding carboxylic acids is 1. The van der Waals surface area contributed by atoms with E-state index in [0.717, 1.165) is 30.3 Å². The zero-order valence-corrected chi connectivity index (χ0v) is 32.6. The number of alkyl halides is 7. The van der Waals surface area contributed by atoms with Gasteiger partial charge >= 0.3 is 6.18 Å². The Hall–Kier alpha value is -6.11. The zero-order valence-electron chi connectivity index (χ0n) is 31.0. The molecule has 0 unspecified atom stereocenters. The van der Waals surface area contributed by atoms with E-state index in [9.17, 15) is 53.1 Å². The van der Waals surface area contributed by atoms with Crippen LogP contribution >= 0.6 is 11.6 Å². The molecule has 0 radical (unpaired) electrons. The fourth-order valence-electron chi connectivity index (χ4n) is 7.63. The second-order valence-corrected chi connectivity index (χ2v) is 16.6. The van der Waals surface area contributed by atoms with Crippen molar-refractivity contribution in [3.63, 3.8) is 0 Å². The number of carbonyl (C=O) groups is 1. The fraction of sp³-hybridized carbons (Fsp3) is 0.306. The predicted octanol–water partition coefficient (Wildman–Crippen LogP) is 6.49. The number of rotatable bonds is 12. The summed E-state index contributed by atoms with van der Waals surface area (Å²) in [6.07, 6.45) is -7.11. The van der Waals surface area contributed by atoms with Gasteiger partial charge in [0.2, 0.25) is 15.9 Å². The Bertz CT molecular complexity index is 2960. The average molecular weight is 919 g/mol. The molecule has 62 heavy (non-hydrogen) atoms. The number of benzene rings is 2. The first-order chi connectivity index (χ1) is 29.0. The molecule has 326 valence electrons. The highest BCUT2D eigenvalue weighted by Gasteiger charge is 2.67. The average Bonchev–Trinajstić information content (AvgIpc) is 3.68. The molecule has 14 nitrogen and oxygen atoms in total. The third-order valence-corrected chi connectivity index (χ3v) is 10.8. The molecule has 2 aliphatic rings. The maximum absolute atomic E-state index is 15.4. The van der Waals surface area contributed by atoms with E-state index in [0.29, 0.717) is 34.0 Å². The molecule has 3 atom stereocenters. The van der Waals surface area contributed by atoms with Crippen molar-refractivity contribution < 1.29 is 57.1 Å². The number of aromatic nitrogens is 8. The van der Waals surface area contributed by atoms with Gasteiger partial charge in [-0.3, -0.25) is 28.2 Å². The molecule has 2 aromatic carbocycles. The number of anilines is 1. The number of amides is 1. The van der Waals surface area contributed by atoms with E-state index in [-0.39, 0.29) is 21.7 Å². The number of sulfonamides is 1. The summed E-state index contributed by atoms with van der Waals surface area (Å²) in [6, 6.07) is 3.08. The molecule has 26 heteroatoms. The second-order valence-electron chi connectivity index (χ2n) is 14.5. The third-order valence-electron chi connectivity index (χ3n) is 9.94. The Morgan fingerprint density at radius 1 is 1.00 bits per heavy atom. The Morgan fingerprint density at radius 3 is 2.31 bits per heavy atom. The summed E-state index contributed by atoms with van der Waals surface area (Å²) in [7, 11) is -4.25. The lowest BCUT2D eigenvalue weighted by Crippen LogP contribution is -2.38. The highest BCUT2D eigenvalue weighted by Crippen LogP contribution is 2.68. The van der Waals surface area contributed by atoms with Crippen molar-refractivity contribution in [3.05, 3.63) is 110 Å². The van der Waals surface area contributed by atoms with Crippen LogP contribution in [0.4, 0.5) is 49.7 Å². The predicted molar refractivity (Wildman–Crippen MR) is 197 cm³/mol. The van der Waals surface area contributed by atoms with Crippen molar-refractivity contribution in [2.45, 2.75) is 56.4 Å². The molecule has 4 aromatic heterocycles. The van der Waals surface area contributed by atoms with Crippen molar-refractivity contribution in [1.29, 1.82) is 0 Å². The fourth-order valence-corrected chi connectivity index (χ4v) is 8.37. The van der Waals surface area contributed by atoms with Crippen LogP contribution in [-0.4, -0.2) is 65.8 Å². The number of nitrogens with zero attached hydrogens (tertiary/aromatic N) is 8. The van der Waals surface area contributed by atoms with E-state index in [1.54, 1.807) is 0 Å². The maximum atomic E-state index is 15.4. The lowest BCUT2D eigenvalue weighted by molar-refractivity contribution is -0.141. The minimum atomic E-state index is -5.04. The van der Waals surface area contributed by atoms with Gasteiger partial charge in [0.1, 0.15) is 47.6 Å². The molecule has 6 aromatic rings. The second kappa shape index (κ2) is 15.1. The molecule has 0 spiro atoms. The van der Waals surface area contributed by atoms with Crippen LogP contribution in [0.1, 0.15) is 53.1 Å². The Kier molecular flexibility index (Phi) is 10.3. The summed E-state index contributed by atoms with van der Waals surface area (Å²) in [6.45, 7) is -3.06. The van der Waals surface area contributed by atoms with E-state index in [4.69, 9.17) is 11.6 Å². The summed E-state index contributed by atoms with van der Waals surface area (Å²) >= 11 is 6.42. The first kappa shape index (κ1) is 42.6. The monoisotopic (exact) mass is 918 g/mol. The van der Waals surface area contributed by atoms with Gasteiger partial charge < -0.3 is 5.32 Å². The van der Waals surface area contributed by atoms with Gasteiger partial charge in [-0.25, -0.2) is 45.3 Å². The minimum absolute atomic E-state index is 0.0904. The van der Waals surface area contributed by atoms with Crippen LogP contribution in [0, 0.1) is 23.4 Å². The highest BCUT2D eigenvalue weighted by atomic mass is 35.5. The molecule has 0 bridgehead atoms. The highest BCUT2D eigenvalue weighted by molar-refractivity contribution is 7.92. The third kappa shape index (κ3) is 8.04. The normalized spacial score (nSPS) is 17.3. The van der Waals surface area contributed by atoms with Crippen LogP contribution in [0.5, 0.6) is 0 Å². The molecular weight excluding hydrogens is 894 g/mol. The van der Waals surface area contributed by atoms with Gasteiger partial charge in [-0.05, 0) is 42.2 Å². The number of fused-ring (bicyclic) bond motifs is 4. The van der Waals surface area contributed by atoms with Crippen LogP contribution in [0.25, 0.3) is 28.1 Å². The number of nitrogens with one attached hydrogen (secondary N) is 2. The molecule has 1 fully saturated rings. The number of hydrogen-bond donors (Lipinski definition) is 2. The van der Waals surface area contributed by atoms with E-state index in [1.807, 2.05) is 4.72 Å². The smallest absolute Gasteiger partial charge is 0.344 e.